The first kappa shape index (κ1) is 17.5. The predicted octanol–water partition coefficient (Wildman–Crippen LogP) is 3.35. The van der Waals surface area contributed by atoms with E-state index in [4.69, 9.17) is 4.74 Å². The smallest absolute Gasteiger partial charge is 0.338 e. The largest absolute Gasteiger partial charge is 0.452 e. The zero-order chi connectivity index (χ0) is 18.7. The van der Waals surface area contributed by atoms with Crippen molar-refractivity contribution in [2.45, 2.75) is 20.8 Å². The Labute approximate surface area is 151 Å². The highest BCUT2D eigenvalue weighted by molar-refractivity contribution is 5.97. The molecule has 0 unspecified atom stereocenters. The number of hydrogen-bond donors (Lipinski definition) is 1. The average Bonchev–Trinajstić information content (AvgIpc) is 2.62. The number of carbonyl (C=O) groups excluding carboxylic acids is 2. The van der Waals surface area contributed by atoms with Crippen LogP contribution in [0.5, 0.6) is 0 Å². The Kier molecular flexibility index (Phi) is 4.93. The van der Waals surface area contributed by atoms with E-state index < -0.39 is 5.97 Å². The Balaban J connectivity index is 1.64. The zero-order valence-electron chi connectivity index (χ0n) is 14.9. The van der Waals surface area contributed by atoms with E-state index >= 15 is 0 Å². The molecule has 26 heavy (non-hydrogen) atoms. The number of benzene rings is 2. The van der Waals surface area contributed by atoms with Gasteiger partial charge in [-0.15, -0.1) is 0 Å². The van der Waals surface area contributed by atoms with Crippen molar-refractivity contribution in [3.63, 3.8) is 0 Å². The van der Waals surface area contributed by atoms with Gasteiger partial charge >= 0.3 is 5.97 Å². The van der Waals surface area contributed by atoms with Crippen molar-refractivity contribution in [2.75, 3.05) is 11.9 Å². The van der Waals surface area contributed by atoms with E-state index in [0.717, 1.165) is 22.4 Å². The molecule has 1 amide bonds. The van der Waals surface area contributed by atoms with E-state index in [1.807, 2.05) is 32.9 Å². The summed E-state index contributed by atoms with van der Waals surface area (Å²) < 4.78 is 5.12. The minimum Gasteiger partial charge on any atom is -0.452 e. The molecule has 1 heterocycles. The molecule has 0 saturated heterocycles. The topological polar surface area (TPSA) is 81.2 Å². The molecular weight excluding hydrogens is 330 g/mol. The van der Waals surface area contributed by atoms with Crippen molar-refractivity contribution < 1.29 is 14.3 Å². The molecule has 3 rings (SSSR count). The fraction of sp³-hybridized carbons (Fsp3) is 0.200. The lowest BCUT2D eigenvalue weighted by molar-refractivity contribution is -0.119. The van der Waals surface area contributed by atoms with Crippen molar-refractivity contribution >= 4 is 28.6 Å². The van der Waals surface area contributed by atoms with Crippen LogP contribution < -0.4 is 5.32 Å². The third-order valence-electron chi connectivity index (χ3n) is 3.98. The van der Waals surface area contributed by atoms with Crippen LogP contribution in [0.3, 0.4) is 0 Å². The molecule has 0 bridgehead atoms. The van der Waals surface area contributed by atoms with Crippen LogP contribution in [0.2, 0.25) is 0 Å². The van der Waals surface area contributed by atoms with Gasteiger partial charge in [-0.1, -0.05) is 17.7 Å². The Morgan fingerprint density at radius 2 is 1.62 bits per heavy atom. The number of carbonyl (C=O) groups is 2. The summed E-state index contributed by atoms with van der Waals surface area (Å²) >= 11 is 0. The lowest BCUT2D eigenvalue weighted by atomic mass is 10.1. The maximum absolute atomic E-state index is 12.2. The number of aromatic nitrogens is 2. The molecule has 0 spiro atoms. The summed E-state index contributed by atoms with van der Waals surface area (Å²) in [7, 11) is 0. The van der Waals surface area contributed by atoms with E-state index in [2.05, 4.69) is 15.3 Å². The lowest BCUT2D eigenvalue weighted by Gasteiger charge is -2.13. The molecule has 6 nitrogen and oxygen atoms in total. The first-order valence-corrected chi connectivity index (χ1v) is 8.19. The van der Waals surface area contributed by atoms with Crippen LogP contribution in [0.1, 0.15) is 27.0 Å². The van der Waals surface area contributed by atoms with E-state index in [1.54, 1.807) is 30.6 Å². The van der Waals surface area contributed by atoms with Gasteiger partial charge in [-0.05, 0) is 50.1 Å². The molecule has 0 aliphatic rings. The second-order valence-electron chi connectivity index (χ2n) is 6.16. The number of aryl methyl sites for hydroxylation is 3. The number of hydrogen-bond acceptors (Lipinski definition) is 5. The van der Waals surface area contributed by atoms with Gasteiger partial charge in [-0.3, -0.25) is 14.8 Å². The number of anilines is 1. The monoisotopic (exact) mass is 349 g/mol. The quantitative estimate of drug-likeness (QED) is 0.731. The summed E-state index contributed by atoms with van der Waals surface area (Å²) in [5, 5.41) is 2.80. The summed E-state index contributed by atoms with van der Waals surface area (Å²) in [4.78, 5) is 32.6. The molecule has 2 aromatic carbocycles. The minimum atomic E-state index is -0.579. The molecular formula is C20H19N3O3. The Morgan fingerprint density at radius 3 is 2.31 bits per heavy atom. The summed E-state index contributed by atoms with van der Waals surface area (Å²) in [5.74, 6) is -0.959. The van der Waals surface area contributed by atoms with Crippen molar-refractivity contribution in [3.05, 3.63) is 65.0 Å². The number of esters is 1. The second-order valence-corrected chi connectivity index (χ2v) is 6.16. The summed E-state index contributed by atoms with van der Waals surface area (Å²) in [6.45, 7) is 5.50. The van der Waals surface area contributed by atoms with Gasteiger partial charge in [0.25, 0.3) is 5.91 Å². The normalized spacial score (nSPS) is 10.6. The highest BCUT2D eigenvalue weighted by atomic mass is 16.5. The number of fused-ring (bicyclic) bond motifs is 1. The standard InChI is InChI=1S/C20H19N3O3/c1-12-8-13(2)19(14(3)9-12)23-18(24)11-26-20(25)15-4-5-16-17(10-15)22-7-6-21-16/h4-10H,11H2,1-3H3,(H,23,24). The van der Waals surface area contributed by atoms with Gasteiger partial charge in [0.2, 0.25) is 0 Å². The molecule has 0 saturated carbocycles. The third kappa shape index (κ3) is 3.85. The maximum Gasteiger partial charge on any atom is 0.338 e. The van der Waals surface area contributed by atoms with E-state index in [0.29, 0.717) is 16.6 Å². The number of nitrogens with zero attached hydrogens (tertiary/aromatic N) is 2. The third-order valence-corrected chi connectivity index (χ3v) is 3.98. The Hall–Kier alpha value is -3.28. The van der Waals surface area contributed by atoms with E-state index in [-0.39, 0.29) is 12.5 Å². The number of ether oxygens (including phenoxy) is 1. The van der Waals surface area contributed by atoms with Crippen molar-refractivity contribution in [1.29, 1.82) is 0 Å². The molecule has 0 fully saturated rings. The molecule has 1 aromatic heterocycles. The highest BCUT2D eigenvalue weighted by Gasteiger charge is 2.13. The number of amides is 1. The van der Waals surface area contributed by atoms with Crippen LogP contribution in [-0.4, -0.2) is 28.5 Å². The molecule has 6 heteroatoms. The molecule has 0 atom stereocenters. The van der Waals surface area contributed by atoms with Crippen molar-refractivity contribution in [1.82, 2.24) is 9.97 Å². The average molecular weight is 349 g/mol. The van der Waals surface area contributed by atoms with Gasteiger partial charge in [0, 0.05) is 18.1 Å². The number of nitrogens with one attached hydrogen (secondary N) is 1. The van der Waals surface area contributed by atoms with Crippen LogP contribution in [0, 0.1) is 20.8 Å². The molecule has 0 aliphatic carbocycles. The van der Waals surface area contributed by atoms with Gasteiger partial charge in [0.15, 0.2) is 6.61 Å². The first-order chi connectivity index (χ1) is 12.4. The van der Waals surface area contributed by atoms with Gasteiger partial charge in [-0.2, -0.15) is 0 Å². The Bertz CT molecular complexity index is 976. The van der Waals surface area contributed by atoms with Crippen LogP contribution >= 0.6 is 0 Å². The lowest BCUT2D eigenvalue weighted by Crippen LogP contribution is -2.22. The van der Waals surface area contributed by atoms with Crippen LogP contribution in [0.25, 0.3) is 11.0 Å². The molecule has 0 radical (unpaired) electrons. The summed E-state index contributed by atoms with van der Waals surface area (Å²) in [6.07, 6.45) is 3.14. The van der Waals surface area contributed by atoms with Crippen LogP contribution in [0.4, 0.5) is 5.69 Å². The van der Waals surface area contributed by atoms with Gasteiger partial charge < -0.3 is 10.1 Å². The minimum absolute atomic E-state index is 0.327. The van der Waals surface area contributed by atoms with Crippen molar-refractivity contribution in [2.24, 2.45) is 0 Å². The van der Waals surface area contributed by atoms with Gasteiger partial charge in [-0.25, -0.2) is 4.79 Å². The number of rotatable bonds is 4. The fourth-order valence-corrected chi connectivity index (χ4v) is 2.86. The highest BCUT2D eigenvalue weighted by Crippen LogP contribution is 2.21. The molecule has 3 aromatic rings. The Morgan fingerprint density at radius 1 is 0.962 bits per heavy atom. The first-order valence-electron chi connectivity index (χ1n) is 8.19. The SMILES string of the molecule is Cc1cc(C)c(NC(=O)COC(=O)c2ccc3nccnc3c2)c(C)c1. The van der Waals surface area contributed by atoms with Crippen LogP contribution in [-0.2, 0) is 9.53 Å². The maximum atomic E-state index is 12.2. The zero-order valence-corrected chi connectivity index (χ0v) is 14.9. The van der Waals surface area contributed by atoms with Crippen LogP contribution in [0.15, 0.2) is 42.7 Å². The van der Waals surface area contributed by atoms with Crippen molar-refractivity contribution in [3.8, 4) is 0 Å². The summed E-state index contributed by atoms with van der Waals surface area (Å²) in [5.41, 5.74) is 5.42. The predicted molar refractivity (Wildman–Crippen MR) is 99.1 cm³/mol. The van der Waals surface area contributed by atoms with Gasteiger partial charge in [0.1, 0.15) is 0 Å². The van der Waals surface area contributed by atoms with E-state index in [1.165, 1.54) is 0 Å². The summed E-state index contributed by atoms with van der Waals surface area (Å²) in [6, 6.07) is 8.87. The molecule has 0 aliphatic heterocycles. The molecule has 132 valence electrons. The molecule has 1 N–H and O–H groups in total. The fourth-order valence-electron chi connectivity index (χ4n) is 2.86. The van der Waals surface area contributed by atoms with Gasteiger partial charge in [0.05, 0.1) is 16.6 Å². The second kappa shape index (κ2) is 7.31. The van der Waals surface area contributed by atoms with E-state index in [9.17, 15) is 9.59 Å².